The number of anilines is 1. The van der Waals surface area contributed by atoms with E-state index in [1.54, 1.807) is 42.5 Å². The maximum absolute atomic E-state index is 11.2. The molecule has 0 radical (unpaired) electrons. The van der Waals surface area contributed by atoms with E-state index in [0.717, 1.165) is 11.8 Å². The SMILES string of the molecule is CS(=O)(=O)Nc1cccc(-c2cccc(C(=O)O)c2)c1. The zero-order valence-electron chi connectivity index (χ0n) is 10.7. The van der Waals surface area contributed by atoms with Crippen LogP contribution in [0.5, 0.6) is 0 Å². The number of sulfonamides is 1. The molecule has 0 spiro atoms. The molecule has 0 aromatic heterocycles. The lowest BCUT2D eigenvalue weighted by Crippen LogP contribution is -2.09. The third-order valence-corrected chi connectivity index (χ3v) is 3.22. The number of carboxylic acids is 1. The first-order chi connectivity index (χ1) is 9.35. The molecule has 2 aromatic carbocycles. The molecule has 2 aromatic rings. The van der Waals surface area contributed by atoms with Crippen molar-refractivity contribution in [1.82, 2.24) is 0 Å². The fraction of sp³-hybridized carbons (Fsp3) is 0.0714. The molecule has 0 aliphatic carbocycles. The molecule has 0 saturated carbocycles. The second-order valence-corrected chi connectivity index (χ2v) is 6.09. The maximum atomic E-state index is 11.2. The largest absolute Gasteiger partial charge is 0.478 e. The Morgan fingerprint density at radius 1 is 1.05 bits per heavy atom. The van der Waals surface area contributed by atoms with Gasteiger partial charge in [-0.25, -0.2) is 13.2 Å². The summed E-state index contributed by atoms with van der Waals surface area (Å²) in [5, 5.41) is 8.97. The third kappa shape index (κ3) is 3.58. The van der Waals surface area contributed by atoms with Crippen molar-refractivity contribution >= 4 is 21.7 Å². The molecule has 0 aliphatic rings. The average Bonchev–Trinajstić information content (AvgIpc) is 2.37. The highest BCUT2D eigenvalue weighted by Crippen LogP contribution is 2.24. The van der Waals surface area contributed by atoms with Crippen molar-refractivity contribution in [2.45, 2.75) is 0 Å². The topological polar surface area (TPSA) is 83.5 Å². The van der Waals surface area contributed by atoms with Gasteiger partial charge in [-0.15, -0.1) is 0 Å². The summed E-state index contributed by atoms with van der Waals surface area (Å²) < 4.78 is 24.8. The number of benzene rings is 2. The van der Waals surface area contributed by atoms with Crippen LogP contribution in [0.3, 0.4) is 0 Å². The van der Waals surface area contributed by atoms with Crippen LogP contribution in [-0.4, -0.2) is 25.7 Å². The summed E-state index contributed by atoms with van der Waals surface area (Å²) in [5.41, 5.74) is 2.07. The lowest BCUT2D eigenvalue weighted by atomic mass is 10.0. The Bertz CT molecular complexity index is 753. The van der Waals surface area contributed by atoms with Crippen molar-refractivity contribution < 1.29 is 18.3 Å². The van der Waals surface area contributed by atoms with Crippen molar-refractivity contribution in [3.05, 3.63) is 54.1 Å². The van der Waals surface area contributed by atoms with E-state index in [2.05, 4.69) is 4.72 Å². The van der Waals surface area contributed by atoms with Gasteiger partial charge in [0, 0.05) is 5.69 Å². The van der Waals surface area contributed by atoms with Crippen LogP contribution in [-0.2, 0) is 10.0 Å². The average molecular weight is 291 g/mol. The van der Waals surface area contributed by atoms with Crippen molar-refractivity contribution in [3.8, 4) is 11.1 Å². The van der Waals surface area contributed by atoms with Crippen molar-refractivity contribution in [2.24, 2.45) is 0 Å². The Morgan fingerprint density at radius 3 is 2.25 bits per heavy atom. The molecule has 0 heterocycles. The highest BCUT2D eigenvalue weighted by atomic mass is 32.2. The van der Waals surface area contributed by atoms with Crippen LogP contribution in [0.4, 0.5) is 5.69 Å². The van der Waals surface area contributed by atoms with E-state index in [4.69, 9.17) is 5.11 Å². The summed E-state index contributed by atoms with van der Waals surface area (Å²) >= 11 is 0. The van der Waals surface area contributed by atoms with Crippen LogP contribution >= 0.6 is 0 Å². The molecule has 104 valence electrons. The van der Waals surface area contributed by atoms with E-state index < -0.39 is 16.0 Å². The van der Waals surface area contributed by atoms with Gasteiger partial charge in [0.15, 0.2) is 0 Å². The number of carboxylic acid groups (broad SMARTS) is 1. The molecule has 0 saturated heterocycles. The highest BCUT2D eigenvalue weighted by molar-refractivity contribution is 7.92. The minimum absolute atomic E-state index is 0.184. The van der Waals surface area contributed by atoms with Gasteiger partial charge in [0.05, 0.1) is 11.8 Å². The molecule has 2 N–H and O–H groups in total. The Labute approximate surface area is 116 Å². The molecule has 0 unspecified atom stereocenters. The second-order valence-electron chi connectivity index (χ2n) is 4.34. The van der Waals surface area contributed by atoms with Crippen molar-refractivity contribution in [2.75, 3.05) is 11.0 Å². The van der Waals surface area contributed by atoms with Gasteiger partial charge < -0.3 is 5.11 Å². The predicted molar refractivity (Wildman–Crippen MR) is 77.3 cm³/mol. The van der Waals surface area contributed by atoms with Gasteiger partial charge in [0.2, 0.25) is 10.0 Å². The molecular weight excluding hydrogens is 278 g/mol. The fourth-order valence-electron chi connectivity index (χ4n) is 1.81. The highest BCUT2D eigenvalue weighted by Gasteiger charge is 2.06. The summed E-state index contributed by atoms with van der Waals surface area (Å²) in [4.78, 5) is 10.9. The summed E-state index contributed by atoms with van der Waals surface area (Å²) in [6, 6.07) is 13.2. The summed E-state index contributed by atoms with van der Waals surface area (Å²) in [6.45, 7) is 0. The third-order valence-electron chi connectivity index (χ3n) is 2.61. The zero-order valence-corrected chi connectivity index (χ0v) is 11.5. The van der Waals surface area contributed by atoms with E-state index >= 15 is 0 Å². The molecule has 0 aliphatic heterocycles. The second kappa shape index (κ2) is 5.34. The minimum atomic E-state index is -3.34. The van der Waals surface area contributed by atoms with Crippen LogP contribution in [0.2, 0.25) is 0 Å². The predicted octanol–water partition coefficient (Wildman–Crippen LogP) is 2.42. The Hall–Kier alpha value is -2.34. The summed E-state index contributed by atoms with van der Waals surface area (Å²) in [6.07, 6.45) is 1.07. The van der Waals surface area contributed by atoms with Gasteiger partial charge in [0.1, 0.15) is 0 Å². The minimum Gasteiger partial charge on any atom is -0.478 e. The van der Waals surface area contributed by atoms with Gasteiger partial charge >= 0.3 is 5.97 Å². The summed E-state index contributed by atoms with van der Waals surface area (Å²) in [5.74, 6) is -1.00. The van der Waals surface area contributed by atoms with E-state index in [1.165, 1.54) is 6.07 Å². The molecule has 0 bridgehead atoms. The van der Waals surface area contributed by atoms with Gasteiger partial charge in [-0.2, -0.15) is 0 Å². The fourth-order valence-corrected chi connectivity index (χ4v) is 2.36. The van der Waals surface area contributed by atoms with Crippen LogP contribution < -0.4 is 4.72 Å². The van der Waals surface area contributed by atoms with Crippen molar-refractivity contribution in [1.29, 1.82) is 0 Å². The first-order valence-corrected chi connectivity index (χ1v) is 7.66. The number of nitrogens with one attached hydrogen (secondary N) is 1. The molecule has 2 rings (SSSR count). The number of carbonyl (C=O) groups is 1. The van der Waals surface area contributed by atoms with Gasteiger partial charge in [-0.05, 0) is 35.4 Å². The Kier molecular flexibility index (Phi) is 3.76. The number of rotatable bonds is 4. The van der Waals surface area contributed by atoms with Crippen LogP contribution in [0, 0.1) is 0 Å². The first-order valence-electron chi connectivity index (χ1n) is 5.77. The molecule has 0 amide bonds. The molecular formula is C14H13NO4S. The van der Waals surface area contributed by atoms with E-state index in [1.807, 2.05) is 0 Å². The molecule has 20 heavy (non-hydrogen) atoms. The Balaban J connectivity index is 2.41. The van der Waals surface area contributed by atoms with E-state index in [-0.39, 0.29) is 5.56 Å². The molecule has 0 fully saturated rings. The van der Waals surface area contributed by atoms with Gasteiger partial charge in [-0.3, -0.25) is 4.72 Å². The van der Waals surface area contributed by atoms with Crippen molar-refractivity contribution in [3.63, 3.8) is 0 Å². The van der Waals surface area contributed by atoms with Crippen LogP contribution in [0.15, 0.2) is 48.5 Å². The number of hydrogen-bond donors (Lipinski definition) is 2. The maximum Gasteiger partial charge on any atom is 0.335 e. The van der Waals surface area contributed by atoms with Crippen LogP contribution in [0.1, 0.15) is 10.4 Å². The zero-order chi connectivity index (χ0) is 14.8. The van der Waals surface area contributed by atoms with Gasteiger partial charge in [0.25, 0.3) is 0 Å². The smallest absolute Gasteiger partial charge is 0.335 e. The van der Waals surface area contributed by atoms with Gasteiger partial charge in [-0.1, -0.05) is 24.3 Å². The molecule has 5 nitrogen and oxygen atoms in total. The van der Waals surface area contributed by atoms with Crippen LogP contribution in [0.25, 0.3) is 11.1 Å². The molecule has 6 heteroatoms. The summed E-state index contributed by atoms with van der Waals surface area (Å²) in [7, 11) is -3.34. The lowest BCUT2D eigenvalue weighted by Gasteiger charge is -2.07. The number of hydrogen-bond acceptors (Lipinski definition) is 3. The van der Waals surface area contributed by atoms with E-state index in [0.29, 0.717) is 11.3 Å². The van der Waals surface area contributed by atoms with E-state index in [9.17, 15) is 13.2 Å². The number of aromatic carboxylic acids is 1. The normalized spacial score (nSPS) is 11.1. The monoisotopic (exact) mass is 291 g/mol. The lowest BCUT2D eigenvalue weighted by molar-refractivity contribution is 0.0697. The molecule has 0 atom stereocenters. The first kappa shape index (κ1) is 14.1. The Morgan fingerprint density at radius 2 is 1.65 bits per heavy atom. The standard InChI is InChI=1S/C14H13NO4S/c1-20(18,19)15-13-7-3-5-11(9-13)10-4-2-6-12(8-10)14(16)17/h2-9,15H,1H3,(H,16,17). The quantitative estimate of drug-likeness (QED) is 0.906.